The number of ether oxygens (including phenoxy) is 1. The van der Waals surface area contributed by atoms with Gasteiger partial charge in [-0.1, -0.05) is 13.8 Å². The summed E-state index contributed by atoms with van der Waals surface area (Å²) in [6.07, 6.45) is 0.817. The molecular formula is C16H27Cl2N3O4. The smallest absolute Gasteiger partial charge is 0.273 e. The van der Waals surface area contributed by atoms with E-state index < -0.39 is 4.92 Å². The molecule has 1 fully saturated rings. The van der Waals surface area contributed by atoms with Gasteiger partial charge in [0.15, 0.2) is 11.5 Å². The first-order valence-electron chi connectivity index (χ1n) is 7.94. The number of rotatable bonds is 6. The number of hydrogen-bond acceptors (Lipinski definition) is 6. The highest BCUT2D eigenvalue weighted by molar-refractivity contribution is 5.85. The summed E-state index contributed by atoms with van der Waals surface area (Å²) in [5, 5.41) is 25.0. The fourth-order valence-electron chi connectivity index (χ4n) is 3.04. The Bertz CT molecular complexity index is 567. The number of nitro groups is 1. The molecule has 1 saturated heterocycles. The number of methoxy groups -OCH3 is 1. The molecule has 144 valence electrons. The van der Waals surface area contributed by atoms with Crippen molar-refractivity contribution in [3.63, 3.8) is 0 Å². The predicted octanol–water partition coefficient (Wildman–Crippen LogP) is 3.15. The first-order chi connectivity index (χ1) is 10.9. The number of non-ortho nitro benzene ring substituents is 1. The summed E-state index contributed by atoms with van der Waals surface area (Å²) >= 11 is 0. The zero-order valence-electron chi connectivity index (χ0n) is 14.7. The lowest BCUT2D eigenvalue weighted by Gasteiger charge is -2.36. The number of nitro benzene ring substituents is 1. The lowest BCUT2D eigenvalue weighted by atomic mass is 9.93. The minimum absolute atomic E-state index is 0. The van der Waals surface area contributed by atoms with Gasteiger partial charge in [-0.05, 0) is 12.3 Å². The number of phenolic OH excluding ortho intramolecular Hbond substituents is 1. The van der Waals surface area contributed by atoms with Crippen LogP contribution in [0.15, 0.2) is 12.1 Å². The molecule has 2 N–H and O–H groups in total. The third-order valence-corrected chi connectivity index (χ3v) is 4.17. The van der Waals surface area contributed by atoms with E-state index in [1.807, 2.05) is 0 Å². The van der Waals surface area contributed by atoms with Crippen LogP contribution in [0, 0.1) is 16.0 Å². The molecule has 0 saturated carbocycles. The number of nitrogens with zero attached hydrogens (tertiary/aromatic N) is 2. The molecule has 0 bridgehead atoms. The van der Waals surface area contributed by atoms with Crippen molar-refractivity contribution >= 4 is 30.5 Å². The van der Waals surface area contributed by atoms with Crippen molar-refractivity contribution in [2.24, 2.45) is 5.92 Å². The Kier molecular flexibility index (Phi) is 10.1. The zero-order chi connectivity index (χ0) is 17.0. The fourth-order valence-corrected chi connectivity index (χ4v) is 3.04. The van der Waals surface area contributed by atoms with E-state index in [1.54, 1.807) is 0 Å². The van der Waals surface area contributed by atoms with Gasteiger partial charge in [-0.2, -0.15) is 0 Å². The highest BCUT2D eigenvalue weighted by atomic mass is 35.5. The fraction of sp³-hybridized carbons (Fsp3) is 0.625. The van der Waals surface area contributed by atoms with Crippen LogP contribution in [0.1, 0.15) is 31.9 Å². The van der Waals surface area contributed by atoms with E-state index in [2.05, 4.69) is 24.1 Å². The van der Waals surface area contributed by atoms with Gasteiger partial charge in [-0.25, -0.2) is 0 Å². The minimum Gasteiger partial charge on any atom is -0.504 e. The maximum atomic E-state index is 11.2. The minimum atomic E-state index is -0.449. The third kappa shape index (κ3) is 5.88. The number of phenols is 1. The van der Waals surface area contributed by atoms with E-state index in [0.717, 1.165) is 32.6 Å². The normalized spacial score (nSPS) is 15.8. The molecule has 1 aliphatic heterocycles. The van der Waals surface area contributed by atoms with Crippen LogP contribution in [-0.2, 0) is 0 Å². The van der Waals surface area contributed by atoms with E-state index in [0.29, 0.717) is 11.5 Å². The summed E-state index contributed by atoms with van der Waals surface area (Å²) < 4.78 is 5.13. The summed E-state index contributed by atoms with van der Waals surface area (Å²) in [6.45, 7) is 7.67. The van der Waals surface area contributed by atoms with Gasteiger partial charge in [0.05, 0.1) is 18.1 Å². The van der Waals surface area contributed by atoms with Gasteiger partial charge in [0.1, 0.15) is 0 Å². The topological polar surface area (TPSA) is 87.9 Å². The van der Waals surface area contributed by atoms with Gasteiger partial charge < -0.3 is 15.2 Å². The average Bonchev–Trinajstić information content (AvgIpc) is 2.53. The molecule has 25 heavy (non-hydrogen) atoms. The lowest BCUT2D eigenvalue weighted by molar-refractivity contribution is -0.385. The van der Waals surface area contributed by atoms with Crippen molar-refractivity contribution in [2.75, 3.05) is 33.3 Å². The third-order valence-electron chi connectivity index (χ3n) is 4.17. The molecule has 0 aromatic heterocycles. The summed E-state index contributed by atoms with van der Waals surface area (Å²) in [5.41, 5.74) is 0.519. The van der Waals surface area contributed by atoms with Gasteiger partial charge in [0.2, 0.25) is 0 Å². The molecule has 0 aliphatic carbocycles. The van der Waals surface area contributed by atoms with Crippen LogP contribution in [0.3, 0.4) is 0 Å². The van der Waals surface area contributed by atoms with Gasteiger partial charge in [0, 0.05) is 43.9 Å². The van der Waals surface area contributed by atoms with E-state index in [-0.39, 0.29) is 48.0 Å². The van der Waals surface area contributed by atoms with Crippen molar-refractivity contribution in [1.82, 2.24) is 10.2 Å². The number of piperazine rings is 1. The second-order valence-electron chi connectivity index (χ2n) is 6.27. The van der Waals surface area contributed by atoms with Crippen molar-refractivity contribution in [3.05, 3.63) is 27.8 Å². The number of aromatic hydroxyl groups is 1. The average molecular weight is 396 g/mol. The molecule has 0 spiro atoms. The van der Waals surface area contributed by atoms with E-state index >= 15 is 0 Å². The first-order valence-corrected chi connectivity index (χ1v) is 7.94. The van der Waals surface area contributed by atoms with Gasteiger partial charge in [0.25, 0.3) is 5.69 Å². The summed E-state index contributed by atoms with van der Waals surface area (Å²) in [7, 11) is 1.41. The van der Waals surface area contributed by atoms with Crippen LogP contribution in [-0.4, -0.2) is 48.2 Å². The van der Waals surface area contributed by atoms with Gasteiger partial charge >= 0.3 is 0 Å². The largest absolute Gasteiger partial charge is 0.504 e. The molecule has 0 unspecified atom stereocenters. The van der Waals surface area contributed by atoms with E-state index in [1.165, 1.54) is 19.2 Å². The van der Waals surface area contributed by atoms with Crippen molar-refractivity contribution in [3.8, 4) is 11.5 Å². The van der Waals surface area contributed by atoms with Crippen LogP contribution >= 0.6 is 24.8 Å². The molecule has 1 aliphatic rings. The molecule has 1 aromatic carbocycles. The van der Waals surface area contributed by atoms with Crippen molar-refractivity contribution in [2.45, 2.75) is 26.3 Å². The Morgan fingerprint density at radius 3 is 2.40 bits per heavy atom. The SMILES string of the molecule is COc1cc([N+](=O)[O-])cc([C@H](CC(C)C)N2CCNCC2)c1O.Cl.Cl. The Balaban J connectivity index is 0.00000288. The van der Waals surface area contributed by atoms with Crippen LogP contribution in [0.5, 0.6) is 11.5 Å². The van der Waals surface area contributed by atoms with Crippen LogP contribution < -0.4 is 10.1 Å². The molecule has 1 atom stereocenters. The number of hydrogen-bond donors (Lipinski definition) is 2. The first kappa shape index (κ1) is 23.7. The van der Waals surface area contributed by atoms with E-state index in [4.69, 9.17) is 4.74 Å². The molecule has 0 radical (unpaired) electrons. The van der Waals surface area contributed by atoms with Crippen molar-refractivity contribution < 1.29 is 14.8 Å². The second kappa shape index (κ2) is 10.7. The molecular weight excluding hydrogens is 369 g/mol. The van der Waals surface area contributed by atoms with Gasteiger partial charge in [-0.15, -0.1) is 24.8 Å². The second-order valence-corrected chi connectivity index (χ2v) is 6.27. The Morgan fingerprint density at radius 1 is 1.32 bits per heavy atom. The van der Waals surface area contributed by atoms with E-state index in [9.17, 15) is 15.2 Å². The van der Waals surface area contributed by atoms with Gasteiger partial charge in [-0.3, -0.25) is 15.0 Å². The molecule has 0 amide bonds. The molecule has 7 nitrogen and oxygen atoms in total. The maximum Gasteiger partial charge on any atom is 0.273 e. The summed E-state index contributed by atoms with van der Waals surface area (Å²) in [6, 6.07) is 2.68. The standard InChI is InChI=1S/C16H25N3O4.2ClH/c1-11(2)8-14(18-6-4-17-5-7-18)13-9-12(19(21)22)10-15(23-3)16(13)20;;/h9-11,14,17,20H,4-8H2,1-3H3;2*1H/t14-;;/m0../s1. The highest BCUT2D eigenvalue weighted by Crippen LogP contribution is 2.41. The quantitative estimate of drug-likeness (QED) is 0.568. The monoisotopic (exact) mass is 395 g/mol. The van der Waals surface area contributed by atoms with Crippen LogP contribution in [0.25, 0.3) is 0 Å². The molecule has 2 rings (SSSR count). The number of halogens is 2. The molecule has 9 heteroatoms. The van der Waals surface area contributed by atoms with Crippen LogP contribution in [0.4, 0.5) is 5.69 Å². The van der Waals surface area contributed by atoms with Crippen LogP contribution in [0.2, 0.25) is 0 Å². The Morgan fingerprint density at radius 2 is 1.92 bits per heavy atom. The Labute approximate surface area is 160 Å². The summed E-state index contributed by atoms with van der Waals surface area (Å²) in [4.78, 5) is 13.0. The highest BCUT2D eigenvalue weighted by Gasteiger charge is 2.29. The Hall–Kier alpha value is -1.28. The maximum absolute atomic E-state index is 11.2. The molecule has 1 aromatic rings. The lowest BCUT2D eigenvalue weighted by Crippen LogP contribution is -2.45. The predicted molar refractivity (Wildman–Crippen MR) is 102 cm³/mol. The number of nitrogens with one attached hydrogen (secondary N) is 1. The zero-order valence-corrected chi connectivity index (χ0v) is 16.4. The van der Waals surface area contributed by atoms with Crippen molar-refractivity contribution in [1.29, 1.82) is 0 Å². The molecule has 1 heterocycles. The number of benzene rings is 1. The summed E-state index contributed by atoms with van der Waals surface area (Å²) in [5.74, 6) is 0.555.